The summed E-state index contributed by atoms with van der Waals surface area (Å²) in [6.07, 6.45) is 4.35. The van der Waals surface area contributed by atoms with Crippen molar-refractivity contribution in [1.82, 2.24) is 15.1 Å². The second-order valence-electron chi connectivity index (χ2n) is 4.05. The molecule has 0 aliphatic carbocycles. The Bertz CT molecular complexity index is 309. The van der Waals surface area contributed by atoms with Gasteiger partial charge in [-0.1, -0.05) is 13.8 Å². The predicted molar refractivity (Wildman–Crippen MR) is 71.9 cm³/mol. The Kier molecular flexibility index (Phi) is 5.91. The lowest BCUT2D eigenvalue weighted by Crippen LogP contribution is -2.30. The second-order valence-corrected chi connectivity index (χ2v) is 4.96. The van der Waals surface area contributed by atoms with Crippen LogP contribution in [-0.2, 0) is 20.0 Å². The molecule has 1 aromatic rings. The Labute approximate surface area is 103 Å². The number of aromatic nitrogens is 2. The maximum atomic E-state index is 4.45. The van der Waals surface area contributed by atoms with Gasteiger partial charge in [-0.3, -0.25) is 4.68 Å². The SMILES string of the molecule is CCc1cc(CNC(CC)CSC)n(C)n1. The monoisotopic (exact) mass is 241 g/mol. The van der Waals surface area contributed by atoms with E-state index in [1.165, 1.54) is 23.6 Å². The summed E-state index contributed by atoms with van der Waals surface area (Å²) in [7, 11) is 2.02. The topological polar surface area (TPSA) is 29.9 Å². The minimum Gasteiger partial charge on any atom is -0.308 e. The van der Waals surface area contributed by atoms with Gasteiger partial charge in [0.15, 0.2) is 0 Å². The summed E-state index contributed by atoms with van der Waals surface area (Å²) in [5.41, 5.74) is 2.45. The summed E-state index contributed by atoms with van der Waals surface area (Å²) >= 11 is 1.90. The molecular weight excluding hydrogens is 218 g/mol. The Morgan fingerprint density at radius 3 is 2.75 bits per heavy atom. The van der Waals surface area contributed by atoms with Crippen molar-refractivity contribution < 1.29 is 0 Å². The van der Waals surface area contributed by atoms with E-state index in [1.807, 2.05) is 23.5 Å². The lowest BCUT2D eigenvalue weighted by Gasteiger charge is -2.15. The largest absolute Gasteiger partial charge is 0.308 e. The summed E-state index contributed by atoms with van der Waals surface area (Å²) in [5.74, 6) is 1.18. The van der Waals surface area contributed by atoms with Crippen LogP contribution in [0, 0.1) is 0 Å². The van der Waals surface area contributed by atoms with E-state index in [1.54, 1.807) is 0 Å². The van der Waals surface area contributed by atoms with Gasteiger partial charge in [0.2, 0.25) is 0 Å². The Hall–Kier alpha value is -0.480. The molecule has 1 atom stereocenters. The molecule has 0 saturated heterocycles. The standard InChI is InChI=1S/C12H23N3S/c1-5-10-7-12(15(3)14-10)8-13-11(6-2)9-16-4/h7,11,13H,5-6,8-9H2,1-4H3. The molecule has 1 unspecified atom stereocenters. The molecule has 0 aliphatic heterocycles. The highest BCUT2D eigenvalue weighted by molar-refractivity contribution is 7.98. The number of nitrogens with one attached hydrogen (secondary N) is 1. The van der Waals surface area contributed by atoms with Gasteiger partial charge in [0.1, 0.15) is 0 Å². The number of hydrogen-bond donors (Lipinski definition) is 1. The minimum absolute atomic E-state index is 0.606. The van der Waals surface area contributed by atoms with Crippen LogP contribution in [0.25, 0.3) is 0 Å². The van der Waals surface area contributed by atoms with Crippen molar-refractivity contribution in [2.75, 3.05) is 12.0 Å². The van der Waals surface area contributed by atoms with Crippen LogP contribution < -0.4 is 5.32 Å². The van der Waals surface area contributed by atoms with Crippen LogP contribution in [0.3, 0.4) is 0 Å². The maximum absolute atomic E-state index is 4.45. The molecule has 4 heteroatoms. The van der Waals surface area contributed by atoms with E-state index < -0.39 is 0 Å². The lowest BCUT2D eigenvalue weighted by atomic mass is 10.2. The molecule has 1 N–H and O–H groups in total. The van der Waals surface area contributed by atoms with Crippen molar-refractivity contribution in [1.29, 1.82) is 0 Å². The third kappa shape index (κ3) is 3.83. The third-order valence-electron chi connectivity index (χ3n) is 2.82. The summed E-state index contributed by atoms with van der Waals surface area (Å²) in [5, 5.41) is 8.03. The smallest absolute Gasteiger partial charge is 0.0625 e. The average Bonchev–Trinajstić information content (AvgIpc) is 2.65. The van der Waals surface area contributed by atoms with Crippen molar-refractivity contribution in [3.05, 3.63) is 17.5 Å². The van der Waals surface area contributed by atoms with E-state index in [2.05, 4.69) is 36.6 Å². The molecule has 0 radical (unpaired) electrons. The van der Waals surface area contributed by atoms with Gasteiger partial charge < -0.3 is 5.32 Å². The van der Waals surface area contributed by atoms with E-state index in [0.29, 0.717) is 6.04 Å². The van der Waals surface area contributed by atoms with E-state index >= 15 is 0 Å². The Morgan fingerprint density at radius 1 is 1.50 bits per heavy atom. The van der Waals surface area contributed by atoms with E-state index in [-0.39, 0.29) is 0 Å². The minimum atomic E-state index is 0.606. The molecule has 1 heterocycles. The highest BCUT2D eigenvalue weighted by Crippen LogP contribution is 2.06. The van der Waals surface area contributed by atoms with Crippen LogP contribution in [-0.4, -0.2) is 27.8 Å². The van der Waals surface area contributed by atoms with Crippen molar-refractivity contribution in [2.24, 2.45) is 7.05 Å². The summed E-state index contributed by atoms with van der Waals surface area (Å²) in [4.78, 5) is 0. The normalized spacial score (nSPS) is 13.0. The first-order valence-electron chi connectivity index (χ1n) is 5.95. The van der Waals surface area contributed by atoms with Crippen LogP contribution >= 0.6 is 11.8 Å². The molecule has 0 fully saturated rings. The molecular formula is C12H23N3S. The average molecular weight is 241 g/mol. The summed E-state index contributed by atoms with van der Waals surface area (Å²) in [6, 6.07) is 2.80. The highest BCUT2D eigenvalue weighted by atomic mass is 32.2. The van der Waals surface area contributed by atoms with Gasteiger partial charge in [0, 0.05) is 25.4 Å². The molecule has 0 aromatic carbocycles. The molecule has 0 aliphatic rings. The van der Waals surface area contributed by atoms with Crippen LogP contribution in [0.5, 0.6) is 0 Å². The molecule has 92 valence electrons. The van der Waals surface area contributed by atoms with Crippen molar-refractivity contribution >= 4 is 11.8 Å². The summed E-state index contributed by atoms with van der Waals surface area (Å²) < 4.78 is 1.98. The van der Waals surface area contributed by atoms with Crippen LogP contribution in [0.1, 0.15) is 31.7 Å². The molecule has 1 rings (SSSR count). The number of thioether (sulfide) groups is 1. The maximum Gasteiger partial charge on any atom is 0.0625 e. The van der Waals surface area contributed by atoms with Gasteiger partial charge in [-0.05, 0) is 25.2 Å². The van der Waals surface area contributed by atoms with Gasteiger partial charge in [0.25, 0.3) is 0 Å². The molecule has 3 nitrogen and oxygen atoms in total. The van der Waals surface area contributed by atoms with Gasteiger partial charge in [0.05, 0.1) is 11.4 Å². The second kappa shape index (κ2) is 6.97. The van der Waals surface area contributed by atoms with Gasteiger partial charge in [-0.2, -0.15) is 16.9 Å². The fourth-order valence-corrected chi connectivity index (χ4v) is 2.44. The van der Waals surface area contributed by atoms with E-state index in [4.69, 9.17) is 0 Å². The van der Waals surface area contributed by atoms with Gasteiger partial charge in [-0.25, -0.2) is 0 Å². The zero-order valence-electron chi connectivity index (χ0n) is 10.8. The Balaban J connectivity index is 2.49. The van der Waals surface area contributed by atoms with Gasteiger partial charge >= 0.3 is 0 Å². The zero-order valence-corrected chi connectivity index (χ0v) is 11.6. The number of hydrogen-bond acceptors (Lipinski definition) is 3. The lowest BCUT2D eigenvalue weighted by molar-refractivity contribution is 0.522. The van der Waals surface area contributed by atoms with Crippen LogP contribution in [0.4, 0.5) is 0 Å². The fraction of sp³-hybridized carbons (Fsp3) is 0.750. The fourth-order valence-electron chi connectivity index (χ4n) is 1.68. The van der Waals surface area contributed by atoms with Crippen molar-refractivity contribution in [3.8, 4) is 0 Å². The third-order valence-corrected chi connectivity index (χ3v) is 3.56. The molecule has 0 bridgehead atoms. The van der Waals surface area contributed by atoms with Crippen LogP contribution in [0.15, 0.2) is 6.07 Å². The number of nitrogens with zero attached hydrogens (tertiary/aromatic N) is 2. The molecule has 16 heavy (non-hydrogen) atoms. The van der Waals surface area contributed by atoms with Crippen molar-refractivity contribution in [2.45, 2.75) is 39.3 Å². The molecule has 0 amide bonds. The highest BCUT2D eigenvalue weighted by Gasteiger charge is 2.07. The van der Waals surface area contributed by atoms with E-state index in [0.717, 1.165) is 13.0 Å². The van der Waals surface area contributed by atoms with Crippen molar-refractivity contribution in [3.63, 3.8) is 0 Å². The molecule has 0 spiro atoms. The predicted octanol–water partition coefficient (Wildman–Crippen LogP) is 2.21. The first-order chi connectivity index (χ1) is 7.71. The van der Waals surface area contributed by atoms with E-state index in [9.17, 15) is 0 Å². The first kappa shape index (κ1) is 13.6. The molecule has 1 aromatic heterocycles. The first-order valence-corrected chi connectivity index (χ1v) is 7.34. The quantitative estimate of drug-likeness (QED) is 0.794. The Morgan fingerprint density at radius 2 is 2.25 bits per heavy atom. The summed E-state index contributed by atoms with van der Waals surface area (Å²) in [6.45, 7) is 5.29. The van der Waals surface area contributed by atoms with Crippen LogP contribution in [0.2, 0.25) is 0 Å². The molecule has 0 saturated carbocycles. The number of rotatable bonds is 7. The van der Waals surface area contributed by atoms with Gasteiger partial charge in [-0.15, -0.1) is 0 Å². The zero-order chi connectivity index (χ0) is 12.0. The number of aryl methyl sites for hydroxylation is 2.